The van der Waals surface area contributed by atoms with Crippen molar-refractivity contribution >= 4 is 17.8 Å². The molecule has 2 atom stereocenters. The van der Waals surface area contributed by atoms with Crippen molar-refractivity contribution in [2.24, 2.45) is 11.8 Å². The van der Waals surface area contributed by atoms with Crippen molar-refractivity contribution in [2.75, 3.05) is 26.3 Å². The van der Waals surface area contributed by atoms with Gasteiger partial charge in [0.05, 0.1) is 12.6 Å². The number of nitrogens with zero attached hydrogens (tertiary/aromatic N) is 2. The molecule has 3 saturated heterocycles. The zero-order valence-electron chi connectivity index (χ0n) is 19.3. The molecule has 0 spiro atoms. The number of hydrogen-bond donors (Lipinski definition) is 1. The van der Waals surface area contributed by atoms with Crippen LogP contribution in [0.25, 0.3) is 0 Å². The number of nitrogens with one attached hydrogen (secondary N) is 1. The third-order valence-corrected chi connectivity index (χ3v) is 6.94. The fraction of sp³-hybridized carbons (Fsp3) is 0.560. The Kier molecular flexibility index (Phi) is 6.83. The first-order chi connectivity index (χ1) is 15.8. The number of urea groups is 1. The van der Waals surface area contributed by atoms with Gasteiger partial charge in [-0.15, -0.1) is 0 Å². The number of piperidine rings is 1. The van der Waals surface area contributed by atoms with Crippen LogP contribution in [0.2, 0.25) is 0 Å². The van der Waals surface area contributed by atoms with Crippen LogP contribution in [-0.2, 0) is 20.7 Å². The second kappa shape index (κ2) is 9.63. The monoisotopic (exact) mass is 457 g/mol. The molecule has 2 unspecified atom stereocenters. The van der Waals surface area contributed by atoms with Gasteiger partial charge in [0.25, 0.3) is 5.91 Å². The molecule has 8 heteroatoms. The first kappa shape index (κ1) is 23.4. The lowest BCUT2D eigenvalue weighted by molar-refractivity contribution is -0.136. The van der Waals surface area contributed by atoms with E-state index in [0.717, 1.165) is 5.56 Å². The number of halogens is 1. The van der Waals surface area contributed by atoms with Crippen LogP contribution in [0.1, 0.15) is 38.7 Å². The Bertz CT molecular complexity index is 918. The van der Waals surface area contributed by atoms with Crippen LogP contribution in [0.4, 0.5) is 9.18 Å². The van der Waals surface area contributed by atoms with Gasteiger partial charge in [-0.1, -0.05) is 32.1 Å². The van der Waals surface area contributed by atoms with Crippen molar-refractivity contribution in [3.63, 3.8) is 0 Å². The maximum absolute atomic E-state index is 13.8. The standard InChI is InChI=1S/C25H32FN3O4/c1-17(2)3-8-22(30)28-12-9-19(10-13-28)25(15-18-4-6-20(26)7-5-18)23(31)29(24(32)27-25)21-11-14-33-16-21/h3-8,17,19,21H,9-16H2,1-2H3,(H,27,32). The largest absolute Gasteiger partial charge is 0.379 e. The van der Waals surface area contributed by atoms with Gasteiger partial charge in [-0.2, -0.15) is 0 Å². The lowest BCUT2D eigenvalue weighted by atomic mass is 9.73. The summed E-state index contributed by atoms with van der Waals surface area (Å²) in [6.07, 6.45) is 5.61. The molecule has 7 nitrogen and oxygen atoms in total. The SMILES string of the molecule is CC(C)C=CC(=O)N1CCC(C2(Cc3ccc(F)cc3)NC(=O)N(C3CCOC3)C2=O)CC1. The summed E-state index contributed by atoms with van der Waals surface area (Å²) in [5, 5.41) is 3.03. The summed E-state index contributed by atoms with van der Waals surface area (Å²) in [6, 6.07) is 5.40. The number of benzene rings is 1. The molecule has 0 bridgehead atoms. The number of likely N-dealkylation sites (tertiary alicyclic amines) is 1. The first-order valence-corrected chi connectivity index (χ1v) is 11.8. The molecule has 0 aromatic heterocycles. The minimum atomic E-state index is -1.11. The van der Waals surface area contributed by atoms with E-state index < -0.39 is 11.6 Å². The van der Waals surface area contributed by atoms with E-state index in [1.165, 1.54) is 17.0 Å². The lowest BCUT2D eigenvalue weighted by Gasteiger charge is -2.41. The molecule has 3 fully saturated rings. The van der Waals surface area contributed by atoms with E-state index in [-0.39, 0.29) is 36.0 Å². The van der Waals surface area contributed by atoms with Crippen LogP contribution in [0.3, 0.4) is 0 Å². The summed E-state index contributed by atoms with van der Waals surface area (Å²) in [5.41, 5.74) is -0.326. The van der Waals surface area contributed by atoms with E-state index in [9.17, 15) is 18.8 Å². The van der Waals surface area contributed by atoms with Gasteiger partial charge in [0.15, 0.2) is 0 Å². The number of ether oxygens (including phenoxy) is 1. The molecule has 1 aromatic rings. The van der Waals surface area contributed by atoms with Gasteiger partial charge in [0, 0.05) is 26.1 Å². The maximum atomic E-state index is 13.8. The summed E-state index contributed by atoms with van der Waals surface area (Å²) in [4.78, 5) is 42.5. The van der Waals surface area contributed by atoms with Crippen molar-refractivity contribution in [1.82, 2.24) is 15.1 Å². The quantitative estimate of drug-likeness (QED) is 0.526. The van der Waals surface area contributed by atoms with Crippen molar-refractivity contribution in [1.29, 1.82) is 0 Å². The van der Waals surface area contributed by atoms with E-state index in [4.69, 9.17) is 4.74 Å². The molecule has 4 rings (SSSR count). The molecule has 0 radical (unpaired) electrons. The smallest absolute Gasteiger partial charge is 0.325 e. The lowest BCUT2D eigenvalue weighted by Crippen LogP contribution is -2.58. The Labute approximate surface area is 193 Å². The summed E-state index contributed by atoms with van der Waals surface area (Å²) < 4.78 is 18.9. The number of amides is 4. The number of carbonyl (C=O) groups excluding carboxylic acids is 3. The maximum Gasteiger partial charge on any atom is 0.325 e. The molecule has 1 N–H and O–H groups in total. The van der Waals surface area contributed by atoms with Crippen molar-refractivity contribution in [2.45, 2.75) is 51.1 Å². The van der Waals surface area contributed by atoms with Crippen molar-refractivity contribution in [3.05, 3.63) is 47.8 Å². The highest BCUT2D eigenvalue weighted by atomic mass is 19.1. The number of allylic oxidation sites excluding steroid dienone is 1. The van der Waals surface area contributed by atoms with Crippen LogP contribution in [-0.4, -0.2) is 65.5 Å². The second-order valence-electron chi connectivity index (χ2n) is 9.60. The molecule has 3 aliphatic heterocycles. The third-order valence-electron chi connectivity index (χ3n) is 6.94. The fourth-order valence-corrected chi connectivity index (χ4v) is 5.11. The molecule has 0 aliphatic carbocycles. The molecule has 3 aliphatic rings. The van der Waals surface area contributed by atoms with Crippen LogP contribution < -0.4 is 5.32 Å². The van der Waals surface area contributed by atoms with Crippen LogP contribution in [0.15, 0.2) is 36.4 Å². The predicted octanol–water partition coefficient (Wildman–Crippen LogP) is 2.90. The molecule has 1 aromatic carbocycles. The molecule has 178 valence electrons. The number of imide groups is 1. The van der Waals surface area contributed by atoms with E-state index in [1.54, 1.807) is 23.1 Å². The van der Waals surface area contributed by atoms with Crippen LogP contribution >= 0.6 is 0 Å². The molecule has 3 heterocycles. The summed E-state index contributed by atoms with van der Waals surface area (Å²) in [5.74, 6) is -0.453. The highest BCUT2D eigenvalue weighted by molar-refractivity contribution is 6.07. The van der Waals surface area contributed by atoms with E-state index in [0.29, 0.717) is 51.5 Å². The normalized spacial score (nSPS) is 26.6. The minimum Gasteiger partial charge on any atom is -0.379 e. The van der Waals surface area contributed by atoms with Gasteiger partial charge in [-0.3, -0.25) is 14.5 Å². The minimum absolute atomic E-state index is 0.0266. The molecular weight excluding hydrogens is 425 g/mol. The molecule has 4 amide bonds. The molecule has 0 saturated carbocycles. The van der Waals surface area contributed by atoms with E-state index in [2.05, 4.69) is 5.32 Å². The van der Waals surface area contributed by atoms with Gasteiger partial charge in [0.2, 0.25) is 5.91 Å². The van der Waals surface area contributed by atoms with E-state index in [1.807, 2.05) is 19.9 Å². The Morgan fingerprint density at radius 1 is 1.21 bits per heavy atom. The van der Waals surface area contributed by atoms with Gasteiger partial charge >= 0.3 is 6.03 Å². The van der Waals surface area contributed by atoms with E-state index >= 15 is 0 Å². The fourth-order valence-electron chi connectivity index (χ4n) is 5.11. The number of carbonyl (C=O) groups is 3. The Balaban J connectivity index is 1.56. The van der Waals surface area contributed by atoms with Crippen LogP contribution in [0, 0.1) is 17.7 Å². The zero-order valence-corrected chi connectivity index (χ0v) is 19.3. The van der Waals surface area contributed by atoms with Gasteiger partial charge in [-0.25, -0.2) is 9.18 Å². The van der Waals surface area contributed by atoms with Gasteiger partial charge in [-0.05, 0) is 54.9 Å². The number of hydrogen-bond acceptors (Lipinski definition) is 4. The average Bonchev–Trinajstić information content (AvgIpc) is 3.40. The van der Waals surface area contributed by atoms with Gasteiger partial charge < -0.3 is 15.0 Å². The highest BCUT2D eigenvalue weighted by Crippen LogP contribution is 2.38. The summed E-state index contributed by atoms with van der Waals surface area (Å²) in [7, 11) is 0. The Morgan fingerprint density at radius 3 is 2.52 bits per heavy atom. The summed E-state index contributed by atoms with van der Waals surface area (Å²) >= 11 is 0. The van der Waals surface area contributed by atoms with Crippen molar-refractivity contribution in [3.8, 4) is 0 Å². The summed E-state index contributed by atoms with van der Waals surface area (Å²) in [6.45, 7) is 5.95. The predicted molar refractivity (Wildman–Crippen MR) is 121 cm³/mol. The topological polar surface area (TPSA) is 79.0 Å². The average molecular weight is 458 g/mol. The Hall–Kier alpha value is -2.74. The van der Waals surface area contributed by atoms with Crippen molar-refractivity contribution < 1.29 is 23.5 Å². The molecular formula is C25H32FN3O4. The van der Waals surface area contributed by atoms with Gasteiger partial charge in [0.1, 0.15) is 11.4 Å². The second-order valence-corrected chi connectivity index (χ2v) is 9.60. The third kappa shape index (κ3) is 4.81. The number of rotatable bonds is 6. The Morgan fingerprint density at radius 2 is 1.91 bits per heavy atom. The highest BCUT2D eigenvalue weighted by Gasteiger charge is 2.57. The zero-order chi connectivity index (χ0) is 23.6. The first-order valence-electron chi connectivity index (χ1n) is 11.8. The molecule has 33 heavy (non-hydrogen) atoms. The van der Waals surface area contributed by atoms with Crippen LogP contribution in [0.5, 0.6) is 0 Å².